The molecular weight excluding hydrogens is 290 g/mol. The van der Waals surface area contributed by atoms with Gasteiger partial charge >= 0.3 is 0 Å². The predicted octanol–water partition coefficient (Wildman–Crippen LogP) is 1.85. The van der Waals surface area contributed by atoms with Crippen molar-refractivity contribution in [1.29, 1.82) is 0 Å². The summed E-state index contributed by atoms with van der Waals surface area (Å²) in [6.07, 6.45) is 9.43. The molecule has 2 fully saturated rings. The minimum atomic E-state index is 0.0584. The standard InChI is InChI=1S/C17H27N5O/c1-18-17-19-11-14(12-20-17)16(23)22-9-6-13(7-10-22)15-5-3-4-8-21(15)2/h11-13,15H,3-10H2,1-2H3,(H,18,19,20)/t15-/m0/s1. The number of nitrogens with one attached hydrogen (secondary N) is 1. The molecule has 1 atom stereocenters. The Morgan fingerprint density at radius 3 is 2.43 bits per heavy atom. The van der Waals surface area contributed by atoms with Crippen molar-refractivity contribution in [2.24, 2.45) is 5.92 Å². The largest absolute Gasteiger partial charge is 0.357 e. The van der Waals surface area contributed by atoms with Crippen molar-refractivity contribution in [3.8, 4) is 0 Å². The maximum absolute atomic E-state index is 12.6. The van der Waals surface area contributed by atoms with Crippen LogP contribution in [0.2, 0.25) is 0 Å². The van der Waals surface area contributed by atoms with Gasteiger partial charge in [-0.1, -0.05) is 6.42 Å². The number of nitrogens with zero attached hydrogens (tertiary/aromatic N) is 4. The average Bonchev–Trinajstić information content (AvgIpc) is 2.62. The maximum atomic E-state index is 12.6. The fourth-order valence-electron chi connectivity index (χ4n) is 3.93. The van der Waals surface area contributed by atoms with Gasteiger partial charge in [0.15, 0.2) is 0 Å². The number of hydrogen-bond acceptors (Lipinski definition) is 5. The van der Waals surface area contributed by atoms with E-state index >= 15 is 0 Å². The van der Waals surface area contributed by atoms with E-state index in [9.17, 15) is 4.79 Å². The van der Waals surface area contributed by atoms with Crippen LogP contribution in [0.1, 0.15) is 42.5 Å². The van der Waals surface area contributed by atoms with Crippen LogP contribution in [0.25, 0.3) is 0 Å². The third-order valence-electron chi connectivity index (χ3n) is 5.32. The van der Waals surface area contributed by atoms with Crippen molar-refractivity contribution < 1.29 is 4.79 Å². The lowest BCUT2D eigenvalue weighted by Gasteiger charge is -2.42. The minimum Gasteiger partial charge on any atom is -0.357 e. The van der Waals surface area contributed by atoms with Gasteiger partial charge in [0, 0.05) is 38.6 Å². The summed E-state index contributed by atoms with van der Waals surface area (Å²) in [5, 5.41) is 2.87. The highest BCUT2D eigenvalue weighted by atomic mass is 16.2. The topological polar surface area (TPSA) is 61.4 Å². The lowest BCUT2D eigenvalue weighted by atomic mass is 9.84. The Morgan fingerprint density at radius 2 is 1.83 bits per heavy atom. The highest BCUT2D eigenvalue weighted by Gasteiger charge is 2.32. The number of rotatable bonds is 3. The number of likely N-dealkylation sites (tertiary alicyclic amines) is 2. The summed E-state index contributed by atoms with van der Waals surface area (Å²) in [7, 11) is 4.02. The molecule has 0 radical (unpaired) electrons. The second kappa shape index (κ2) is 7.25. The molecule has 0 spiro atoms. The Balaban J connectivity index is 1.56. The summed E-state index contributed by atoms with van der Waals surface area (Å²) in [6, 6.07) is 0.708. The second-order valence-corrected chi connectivity index (χ2v) is 6.72. The Kier molecular flexibility index (Phi) is 5.10. The van der Waals surface area contributed by atoms with Crippen molar-refractivity contribution in [3.63, 3.8) is 0 Å². The highest BCUT2D eigenvalue weighted by molar-refractivity contribution is 5.93. The molecule has 2 saturated heterocycles. The Hall–Kier alpha value is -1.69. The molecule has 2 aliphatic heterocycles. The van der Waals surface area contributed by atoms with Crippen LogP contribution in [0.15, 0.2) is 12.4 Å². The van der Waals surface area contributed by atoms with Crippen LogP contribution in [0.3, 0.4) is 0 Å². The highest BCUT2D eigenvalue weighted by Crippen LogP contribution is 2.29. The molecule has 1 N–H and O–H groups in total. The van der Waals surface area contributed by atoms with E-state index in [0.717, 1.165) is 31.8 Å². The van der Waals surface area contributed by atoms with Crippen molar-refractivity contribution in [3.05, 3.63) is 18.0 Å². The van der Waals surface area contributed by atoms with E-state index in [1.165, 1.54) is 25.8 Å². The first kappa shape index (κ1) is 16.2. The smallest absolute Gasteiger partial charge is 0.256 e. The normalized spacial score (nSPS) is 23.7. The summed E-state index contributed by atoms with van der Waals surface area (Å²) in [4.78, 5) is 25.3. The Morgan fingerprint density at radius 1 is 1.13 bits per heavy atom. The Labute approximate surface area is 138 Å². The molecule has 1 aromatic rings. The number of amides is 1. The monoisotopic (exact) mass is 317 g/mol. The first-order valence-corrected chi connectivity index (χ1v) is 8.68. The summed E-state index contributed by atoms with van der Waals surface area (Å²) in [5.41, 5.74) is 0.581. The molecule has 3 rings (SSSR count). The molecule has 23 heavy (non-hydrogen) atoms. The molecular formula is C17H27N5O. The molecule has 6 heteroatoms. The zero-order chi connectivity index (χ0) is 16.2. The van der Waals surface area contributed by atoms with E-state index in [-0.39, 0.29) is 5.91 Å². The van der Waals surface area contributed by atoms with Gasteiger partial charge in [0.2, 0.25) is 5.95 Å². The molecule has 2 aliphatic rings. The van der Waals surface area contributed by atoms with Gasteiger partial charge in [0.05, 0.1) is 5.56 Å². The van der Waals surface area contributed by atoms with Gasteiger partial charge in [0.25, 0.3) is 5.91 Å². The lowest BCUT2D eigenvalue weighted by molar-refractivity contribution is 0.0554. The molecule has 0 saturated carbocycles. The predicted molar refractivity (Wildman–Crippen MR) is 90.5 cm³/mol. The van der Waals surface area contributed by atoms with Crippen LogP contribution >= 0.6 is 0 Å². The number of carbonyl (C=O) groups is 1. The summed E-state index contributed by atoms with van der Waals surface area (Å²) < 4.78 is 0. The molecule has 0 aromatic carbocycles. The van der Waals surface area contributed by atoms with Crippen molar-refractivity contribution in [2.75, 3.05) is 39.0 Å². The molecule has 126 valence electrons. The third-order valence-corrected chi connectivity index (χ3v) is 5.32. The third kappa shape index (κ3) is 3.63. The summed E-state index contributed by atoms with van der Waals surface area (Å²) in [6.45, 7) is 2.92. The van der Waals surface area contributed by atoms with Gasteiger partial charge in [-0.25, -0.2) is 9.97 Å². The van der Waals surface area contributed by atoms with Crippen LogP contribution < -0.4 is 5.32 Å². The van der Waals surface area contributed by atoms with Crippen LogP contribution in [0.5, 0.6) is 0 Å². The number of anilines is 1. The number of carbonyl (C=O) groups excluding carboxylic acids is 1. The number of aromatic nitrogens is 2. The zero-order valence-corrected chi connectivity index (χ0v) is 14.2. The van der Waals surface area contributed by atoms with Crippen LogP contribution in [-0.2, 0) is 0 Å². The fraction of sp³-hybridized carbons (Fsp3) is 0.706. The van der Waals surface area contributed by atoms with Crippen molar-refractivity contribution >= 4 is 11.9 Å². The first-order valence-electron chi connectivity index (χ1n) is 8.68. The minimum absolute atomic E-state index is 0.0584. The Bertz CT molecular complexity index is 524. The van der Waals surface area contributed by atoms with Gasteiger partial charge in [-0.15, -0.1) is 0 Å². The van der Waals surface area contributed by atoms with E-state index in [1.807, 2.05) is 4.90 Å². The molecule has 1 aromatic heterocycles. The SMILES string of the molecule is CNc1ncc(C(=O)N2CCC([C@@H]3CCCCN3C)CC2)cn1. The molecule has 0 aliphatic carbocycles. The van der Waals surface area contributed by atoms with E-state index in [4.69, 9.17) is 0 Å². The van der Waals surface area contributed by atoms with Gasteiger partial charge in [-0.3, -0.25) is 4.79 Å². The van der Waals surface area contributed by atoms with Gasteiger partial charge < -0.3 is 15.1 Å². The van der Waals surface area contributed by atoms with Gasteiger partial charge in [0.1, 0.15) is 0 Å². The van der Waals surface area contributed by atoms with Crippen LogP contribution in [0.4, 0.5) is 5.95 Å². The molecule has 0 bridgehead atoms. The molecule has 3 heterocycles. The van der Waals surface area contributed by atoms with E-state index in [1.54, 1.807) is 19.4 Å². The van der Waals surface area contributed by atoms with Gasteiger partial charge in [-0.05, 0) is 45.2 Å². The van der Waals surface area contributed by atoms with Crippen LogP contribution in [-0.4, -0.2) is 65.4 Å². The van der Waals surface area contributed by atoms with E-state index in [0.29, 0.717) is 17.6 Å². The number of piperidine rings is 2. The number of hydrogen-bond donors (Lipinski definition) is 1. The quantitative estimate of drug-likeness (QED) is 0.922. The molecule has 0 unspecified atom stereocenters. The lowest BCUT2D eigenvalue weighted by Crippen LogP contribution is -2.47. The molecule has 1 amide bonds. The van der Waals surface area contributed by atoms with Crippen molar-refractivity contribution in [2.45, 2.75) is 38.1 Å². The van der Waals surface area contributed by atoms with E-state index < -0.39 is 0 Å². The summed E-state index contributed by atoms with van der Waals surface area (Å²) >= 11 is 0. The van der Waals surface area contributed by atoms with E-state index in [2.05, 4.69) is 27.2 Å². The molecule has 6 nitrogen and oxygen atoms in total. The van der Waals surface area contributed by atoms with Crippen molar-refractivity contribution in [1.82, 2.24) is 19.8 Å². The summed E-state index contributed by atoms with van der Waals surface area (Å²) in [5.74, 6) is 1.33. The van der Waals surface area contributed by atoms with Crippen LogP contribution in [0, 0.1) is 5.92 Å². The average molecular weight is 317 g/mol. The maximum Gasteiger partial charge on any atom is 0.256 e. The zero-order valence-electron chi connectivity index (χ0n) is 14.2. The second-order valence-electron chi connectivity index (χ2n) is 6.72. The fourth-order valence-corrected chi connectivity index (χ4v) is 3.93. The first-order chi connectivity index (χ1) is 11.2. The van der Waals surface area contributed by atoms with Gasteiger partial charge in [-0.2, -0.15) is 0 Å².